The van der Waals surface area contributed by atoms with Crippen LogP contribution in [0.15, 0.2) is 12.1 Å². The Hall–Kier alpha value is -0.950. The van der Waals surface area contributed by atoms with Crippen molar-refractivity contribution in [3.05, 3.63) is 17.7 Å². The second kappa shape index (κ2) is 33.9. The number of unbranched alkanes of at least 4 members (excludes halogenated alkanes) is 21. The highest BCUT2D eigenvalue weighted by Gasteiger charge is 2.35. The van der Waals surface area contributed by atoms with Crippen LogP contribution in [-0.2, 0) is 6.16 Å². The molecule has 0 unspecified atom stereocenters. The van der Waals surface area contributed by atoms with E-state index < -0.39 is 7.26 Å². The number of ether oxygens (including phenoxy) is 3. The van der Waals surface area contributed by atoms with E-state index >= 15 is 0 Å². The lowest BCUT2D eigenvalue weighted by atomic mass is 10.1. The van der Waals surface area contributed by atoms with Crippen LogP contribution < -0.4 is 14.2 Å². The van der Waals surface area contributed by atoms with E-state index in [0.29, 0.717) is 0 Å². The van der Waals surface area contributed by atoms with Gasteiger partial charge in [-0.25, -0.2) is 0 Å². The van der Waals surface area contributed by atoms with E-state index in [4.69, 9.17) is 14.2 Å². The first-order chi connectivity index (χ1) is 24.6. The molecule has 1 rings (SSSR count). The molecule has 0 aromatic heterocycles. The van der Waals surface area contributed by atoms with Crippen molar-refractivity contribution in [2.75, 3.05) is 38.3 Å². The van der Waals surface area contributed by atoms with Crippen LogP contribution in [0.3, 0.4) is 0 Å². The minimum Gasteiger partial charge on any atom is -0.490 e. The highest BCUT2D eigenvalue weighted by atomic mass is 31.2. The summed E-state index contributed by atoms with van der Waals surface area (Å²) in [7, 11) is -1.07. The largest absolute Gasteiger partial charge is 0.490 e. The molecule has 0 bridgehead atoms. The average Bonchev–Trinajstić information content (AvgIpc) is 3.10. The maximum Gasteiger partial charge on any atom is 0.203 e. The Labute approximate surface area is 314 Å². The molecule has 0 aliphatic heterocycles. The summed E-state index contributed by atoms with van der Waals surface area (Å²) in [5.41, 5.74) is 1.42. The lowest BCUT2D eigenvalue weighted by Gasteiger charge is -2.28. The highest BCUT2D eigenvalue weighted by molar-refractivity contribution is 7.75. The molecule has 0 aliphatic rings. The summed E-state index contributed by atoms with van der Waals surface area (Å²) in [6.45, 7) is 16.3. The number of hydrogen-bond acceptors (Lipinski definition) is 3. The zero-order chi connectivity index (χ0) is 36.4. The maximum atomic E-state index is 6.69. The van der Waals surface area contributed by atoms with Crippen LogP contribution in [0.1, 0.15) is 220 Å². The fourth-order valence-corrected chi connectivity index (χ4v) is 12.7. The van der Waals surface area contributed by atoms with Crippen LogP contribution in [0.2, 0.25) is 0 Å². The van der Waals surface area contributed by atoms with Crippen molar-refractivity contribution >= 4 is 7.26 Å². The van der Waals surface area contributed by atoms with Gasteiger partial charge < -0.3 is 14.2 Å². The van der Waals surface area contributed by atoms with Gasteiger partial charge in [0.1, 0.15) is 0 Å². The molecule has 1 aromatic carbocycles. The zero-order valence-corrected chi connectivity index (χ0v) is 35.8. The summed E-state index contributed by atoms with van der Waals surface area (Å²) in [5, 5.41) is 0. The molecule has 0 heterocycles. The van der Waals surface area contributed by atoms with Gasteiger partial charge in [-0.05, 0) is 56.2 Å². The topological polar surface area (TPSA) is 27.7 Å². The third kappa shape index (κ3) is 23.6. The monoisotopic (exact) mass is 720 g/mol. The summed E-state index contributed by atoms with van der Waals surface area (Å²) in [6, 6.07) is 4.74. The summed E-state index contributed by atoms with van der Waals surface area (Å²) >= 11 is 0. The van der Waals surface area contributed by atoms with Gasteiger partial charge in [0.05, 0.1) is 44.5 Å². The summed E-state index contributed by atoms with van der Waals surface area (Å²) < 4.78 is 20.0. The highest BCUT2D eigenvalue weighted by Crippen LogP contribution is 2.63. The molecule has 1 aromatic rings. The molecule has 294 valence electrons. The van der Waals surface area contributed by atoms with Gasteiger partial charge in [-0.3, -0.25) is 0 Å². The normalized spacial score (nSPS) is 11.7. The summed E-state index contributed by atoms with van der Waals surface area (Å²) in [5.74, 6) is 2.76. The predicted molar refractivity (Wildman–Crippen MR) is 227 cm³/mol. The number of hydrogen-bond donors (Lipinski definition) is 0. The van der Waals surface area contributed by atoms with Crippen LogP contribution in [0.5, 0.6) is 17.2 Å². The third-order valence-corrected chi connectivity index (χ3v) is 15.7. The average molecular weight is 720 g/mol. The lowest BCUT2D eigenvalue weighted by Crippen LogP contribution is -2.11. The van der Waals surface area contributed by atoms with E-state index in [1.807, 2.05) is 0 Å². The van der Waals surface area contributed by atoms with Gasteiger partial charge in [0.25, 0.3) is 0 Å². The number of benzene rings is 1. The molecule has 50 heavy (non-hydrogen) atoms. The van der Waals surface area contributed by atoms with Crippen molar-refractivity contribution in [1.29, 1.82) is 0 Å². The molecule has 0 radical (unpaired) electrons. The van der Waals surface area contributed by atoms with Crippen LogP contribution in [0, 0.1) is 0 Å². The first kappa shape index (κ1) is 47.1. The minimum atomic E-state index is -1.07. The van der Waals surface area contributed by atoms with Gasteiger partial charge in [0.15, 0.2) is 11.5 Å². The summed E-state index contributed by atoms with van der Waals surface area (Å²) in [6.07, 6.45) is 40.7. The van der Waals surface area contributed by atoms with E-state index in [0.717, 1.165) is 56.3 Å². The maximum absolute atomic E-state index is 6.69. The fourth-order valence-electron chi connectivity index (χ4n) is 7.71. The Morgan fingerprint density at radius 3 is 0.980 bits per heavy atom. The van der Waals surface area contributed by atoms with E-state index in [9.17, 15) is 0 Å². The molecule has 0 amide bonds. The Morgan fingerprint density at radius 1 is 0.360 bits per heavy atom. The fraction of sp³-hybridized carbons (Fsp3) is 0.870. The Kier molecular flexibility index (Phi) is 31.9. The second-order valence-electron chi connectivity index (χ2n) is 15.6. The zero-order valence-electron chi connectivity index (χ0n) is 34.9. The Morgan fingerprint density at radius 2 is 0.660 bits per heavy atom. The van der Waals surface area contributed by atoms with E-state index in [-0.39, 0.29) is 0 Å². The smallest absolute Gasteiger partial charge is 0.203 e. The van der Waals surface area contributed by atoms with Crippen molar-refractivity contribution in [1.82, 2.24) is 0 Å². The van der Waals surface area contributed by atoms with Crippen LogP contribution >= 0.6 is 7.26 Å². The van der Waals surface area contributed by atoms with Gasteiger partial charge in [0, 0.05) is 7.26 Å². The SMILES string of the molecule is CCCCCCCCCCOc1cc(C[P+](CCC)(CCC)CCC)cc(OCCCCCCCCCC)c1OCCCCCCCCCC. The summed E-state index contributed by atoms with van der Waals surface area (Å²) in [4.78, 5) is 0. The van der Waals surface area contributed by atoms with Crippen molar-refractivity contribution in [2.24, 2.45) is 0 Å². The molecule has 0 saturated heterocycles. The van der Waals surface area contributed by atoms with Crippen LogP contribution in [0.25, 0.3) is 0 Å². The molecule has 4 heteroatoms. The molecule has 0 N–H and O–H groups in total. The van der Waals surface area contributed by atoms with Gasteiger partial charge >= 0.3 is 0 Å². The van der Waals surface area contributed by atoms with E-state index in [1.165, 1.54) is 184 Å². The van der Waals surface area contributed by atoms with Crippen molar-refractivity contribution in [2.45, 2.75) is 221 Å². The Bertz CT molecular complexity index is 811. The van der Waals surface area contributed by atoms with Gasteiger partial charge in [-0.1, -0.05) is 176 Å². The van der Waals surface area contributed by atoms with Crippen LogP contribution in [-0.4, -0.2) is 38.3 Å². The minimum absolute atomic E-state index is 0.745. The Balaban J connectivity index is 3.11. The predicted octanol–water partition coefficient (Wildman–Crippen LogP) is 16.0. The first-order valence-electron chi connectivity index (χ1n) is 22.5. The molecule has 3 nitrogen and oxygen atoms in total. The van der Waals surface area contributed by atoms with Crippen molar-refractivity contribution in [3.63, 3.8) is 0 Å². The van der Waals surface area contributed by atoms with Gasteiger partial charge in [-0.15, -0.1) is 0 Å². The quantitative estimate of drug-likeness (QED) is 0.0503. The van der Waals surface area contributed by atoms with Crippen molar-refractivity contribution < 1.29 is 14.2 Å². The first-order valence-corrected chi connectivity index (χ1v) is 25.0. The molecule has 0 fully saturated rings. The van der Waals surface area contributed by atoms with E-state index in [1.54, 1.807) is 0 Å². The molecule has 0 aliphatic carbocycles. The van der Waals surface area contributed by atoms with Gasteiger partial charge in [0.2, 0.25) is 5.75 Å². The van der Waals surface area contributed by atoms with Gasteiger partial charge in [-0.2, -0.15) is 0 Å². The second-order valence-corrected chi connectivity index (χ2v) is 19.9. The molecular weight excluding hydrogens is 631 g/mol. The van der Waals surface area contributed by atoms with E-state index in [2.05, 4.69) is 53.7 Å². The lowest BCUT2D eigenvalue weighted by molar-refractivity contribution is 0.234. The molecular formula is C46H88O3P+. The molecule has 0 atom stereocenters. The standard InChI is InChI=1S/C46H88O3P/c1-7-13-16-19-22-25-28-31-34-47-44-40-43(42-50(37-10-4,38-11-5)39-12-6)41-45(48-35-32-29-26-23-20-17-14-8-2)46(44)49-36-33-30-27-24-21-18-15-9-3/h40-41H,7-39,42H2,1-6H3/q+1. The van der Waals surface area contributed by atoms with Crippen molar-refractivity contribution in [3.8, 4) is 17.2 Å². The number of rotatable bonds is 38. The molecule has 0 saturated carbocycles. The molecule has 0 spiro atoms. The van der Waals surface area contributed by atoms with Crippen LogP contribution in [0.4, 0.5) is 0 Å². The third-order valence-electron chi connectivity index (χ3n) is 10.4.